The predicted molar refractivity (Wildman–Crippen MR) is 90.7 cm³/mol. The molecule has 1 amide bonds. The lowest BCUT2D eigenvalue weighted by atomic mass is 9.73. The van der Waals surface area contributed by atoms with E-state index >= 15 is 0 Å². The molecule has 4 nitrogen and oxygen atoms in total. The van der Waals surface area contributed by atoms with Gasteiger partial charge in [0, 0.05) is 17.5 Å². The number of hydrogen-bond acceptors (Lipinski definition) is 3. The van der Waals surface area contributed by atoms with Gasteiger partial charge in [-0.25, -0.2) is 4.79 Å². The summed E-state index contributed by atoms with van der Waals surface area (Å²) >= 11 is 0. The lowest BCUT2D eigenvalue weighted by molar-refractivity contribution is 0.0476. The molecule has 2 rings (SSSR count). The Labute approximate surface area is 138 Å². The van der Waals surface area contributed by atoms with Crippen LogP contribution in [0.15, 0.2) is 24.3 Å². The summed E-state index contributed by atoms with van der Waals surface area (Å²) < 4.78 is 5.33. The van der Waals surface area contributed by atoms with Gasteiger partial charge in [0.05, 0.1) is 0 Å². The van der Waals surface area contributed by atoms with Gasteiger partial charge >= 0.3 is 6.09 Å². The van der Waals surface area contributed by atoms with E-state index in [1.807, 2.05) is 52.0 Å². The van der Waals surface area contributed by atoms with Gasteiger partial charge in [-0.15, -0.1) is 0 Å². The van der Waals surface area contributed by atoms with Crippen molar-refractivity contribution >= 4 is 11.9 Å². The lowest BCUT2D eigenvalue weighted by Crippen LogP contribution is -2.46. The lowest BCUT2D eigenvalue weighted by Gasteiger charge is -2.34. The third-order valence-corrected chi connectivity index (χ3v) is 4.33. The molecule has 0 heterocycles. The number of hydrogen-bond donors (Lipinski definition) is 1. The van der Waals surface area contributed by atoms with Crippen LogP contribution in [-0.4, -0.2) is 23.5 Å². The molecule has 1 aromatic rings. The first-order valence-electron chi connectivity index (χ1n) is 8.35. The van der Waals surface area contributed by atoms with E-state index in [1.54, 1.807) is 0 Å². The first-order chi connectivity index (χ1) is 10.7. The molecule has 0 fully saturated rings. The van der Waals surface area contributed by atoms with Crippen LogP contribution in [0.3, 0.4) is 0 Å². The van der Waals surface area contributed by atoms with E-state index in [0.717, 1.165) is 17.5 Å². The van der Waals surface area contributed by atoms with Crippen LogP contribution in [0.5, 0.6) is 0 Å². The van der Waals surface area contributed by atoms with Crippen LogP contribution in [0.4, 0.5) is 4.79 Å². The molecule has 0 bridgehead atoms. The molecule has 0 radical (unpaired) electrons. The molecule has 3 unspecified atom stereocenters. The first-order valence-corrected chi connectivity index (χ1v) is 8.35. The first kappa shape index (κ1) is 17.5. The number of fused-ring (bicyclic) bond motifs is 1. The van der Waals surface area contributed by atoms with Gasteiger partial charge < -0.3 is 10.1 Å². The molecular formula is C19H27NO3. The Hall–Kier alpha value is -1.84. The Bertz CT molecular complexity index is 589. The molecule has 0 aromatic heterocycles. The van der Waals surface area contributed by atoms with Gasteiger partial charge in [-0.1, -0.05) is 38.1 Å². The zero-order chi connectivity index (χ0) is 17.2. The highest BCUT2D eigenvalue weighted by Crippen LogP contribution is 2.36. The van der Waals surface area contributed by atoms with Gasteiger partial charge in [0.2, 0.25) is 0 Å². The number of ketones is 1. The van der Waals surface area contributed by atoms with E-state index in [0.29, 0.717) is 12.3 Å². The molecule has 1 N–H and O–H groups in total. The summed E-state index contributed by atoms with van der Waals surface area (Å²) in [7, 11) is 0. The van der Waals surface area contributed by atoms with Crippen molar-refractivity contribution in [3.05, 3.63) is 35.4 Å². The Morgan fingerprint density at radius 1 is 1.35 bits per heavy atom. The third-order valence-electron chi connectivity index (χ3n) is 4.33. The van der Waals surface area contributed by atoms with Crippen molar-refractivity contribution in [3.63, 3.8) is 0 Å². The second kappa shape index (κ2) is 6.73. The van der Waals surface area contributed by atoms with Crippen LogP contribution in [0.2, 0.25) is 0 Å². The van der Waals surface area contributed by atoms with Gasteiger partial charge in [-0.3, -0.25) is 4.79 Å². The van der Waals surface area contributed by atoms with E-state index in [2.05, 4.69) is 12.2 Å². The smallest absolute Gasteiger partial charge is 0.407 e. The largest absolute Gasteiger partial charge is 0.444 e. The Morgan fingerprint density at radius 2 is 2.00 bits per heavy atom. The van der Waals surface area contributed by atoms with Gasteiger partial charge in [-0.2, -0.15) is 0 Å². The van der Waals surface area contributed by atoms with Crippen LogP contribution in [0.1, 0.15) is 69.3 Å². The Balaban J connectivity index is 2.16. The highest BCUT2D eigenvalue weighted by Gasteiger charge is 2.36. The van der Waals surface area contributed by atoms with Crippen molar-refractivity contribution in [1.29, 1.82) is 0 Å². The van der Waals surface area contributed by atoms with Gasteiger partial charge in [0.25, 0.3) is 0 Å². The molecule has 0 spiro atoms. The molecular weight excluding hydrogens is 290 g/mol. The van der Waals surface area contributed by atoms with Crippen LogP contribution in [-0.2, 0) is 4.74 Å². The maximum absolute atomic E-state index is 12.8. The summed E-state index contributed by atoms with van der Waals surface area (Å²) in [4.78, 5) is 24.9. The van der Waals surface area contributed by atoms with Crippen molar-refractivity contribution in [2.75, 3.05) is 0 Å². The summed E-state index contributed by atoms with van der Waals surface area (Å²) in [6.07, 6.45) is 0.998. The summed E-state index contributed by atoms with van der Waals surface area (Å²) in [5.74, 6) is 0.238. The van der Waals surface area contributed by atoms with E-state index in [1.165, 1.54) is 0 Å². The van der Waals surface area contributed by atoms with Crippen LogP contribution in [0.25, 0.3) is 0 Å². The SMILES string of the molecule is CCC(NC(=O)OC(C)(C)C)C1CC(C)c2ccccc2C1=O. The second-order valence-corrected chi connectivity index (χ2v) is 7.36. The maximum atomic E-state index is 12.8. The molecule has 1 aromatic carbocycles. The summed E-state index contributed by atoms with van der Waals surface area (Å²) in [5.41, 5.74) is 1.36. The maximum Gasteiger partial charge on any atom is 0.407 e. The van der Waals surface area contributed by atoms with Crippen molar-refractivity contribution in [1.82, 2.24) is 5.32 Å². The molecule has 23 heavy (non-hydrogen) atoms. The number of Topliss-reactive ketones (excluding diaryl/α,β-unsaturated/α-hetero) is 1. The quantitative estimate of drug-likeness (QED) is 0.904. The van der Waals surface area contributed by atoms with Crippen LogP contribution < -0.4 is 5.32 Å². The number of rotatable bonds is 3. The molecule has 3 atom stereocenters. The number of amides is 1. The van der Waals surface area contributed by atoms with Crippen molar-refractivity contribution in [3.8, 4) is 0 Å². The zero-order valence-corrected chi connectivity index (χ0v) is 14.7. The monoisotopic (exact) mass is 317 g/mol. The predicted octanol–water partition coefficient (Wildman–Crippen LogP) is 4.30. The average Bonchev–Trinajstić information content (AvgIpc) is 2.47. The normalized spacial score (nSPS) is 22.2. The van der Waals surface area contributed by atoms with Gasteiger partial charge in [-0.05, 0) is 45.1 Å². The number of alkyl carbamates (subject to hydrolysis) is 1. The minimum absolute atomic E-state index is 0.126. The fourth-order valence-corrected chi connectivity index (χ4v) is 3.26. The van der Waals surface area contributed by atoms with Crippen molar-refractivity contribution in [2.45, 2.75) is 65.0 Å². The molecule has 4 heteroatoms. The summed E-state index contributed by atoms with van der Waals surface area (Å²) in [6, 6.07) is 7.58. The third kappa shape index (κ3) is 4.12. The van der Waals surface area contributed by atoms with E-state index in [4.69, 9.17) is 4.74 Å². The number of benzene rings is 1. The molecule has 0 saturated carbocycles. The topological polar surface area (TPSA) is 55.4 Å². The fraction of sp³-hybridized carbons (Fsp3) is 0.579. The minimum Gasteiger partial charge on any atom is -0.444 e. The van der Waals surface area contributed by atoms with Crippen molar-refractivity contribution in [2.24, 2.45) is 5.92 Å². The van der Waals surface area contributed by atoms with E-state index < -0.39 is 11.7 Å². The molecule has 1 aliphatic carbocycles. The van der Waals surface area contributed by atoms with Gasteiger partial charge in [0.1, 0.15) is 5.60 Å². The van der Waals surface area contributed by atoms with E-state index in [9.17, 15) is 9.59 Å². The molecule has 126 valence electrons. The number of ether oxygens (including phenoxy) is 1. The highest BCUT2D eigenvalue weighted by atomic mass is 16.6. The minimum atomic E-state index is -0.543. The molecule has 0 saturated heterocycles. The van der Waals surface area contributed by atoms with Crippen LogP contribution >= 0.6 is 0 Å². The standard InChI is InChI=1S/C19H27NO3/c1-6-16(20-18(22)23-19(3,4)5)15-11-12(2)13-9-7-8-10-14(13)17(15)21/h7-10,12,15-16H,6,11H2,1-5H3,(H,20,22). The molecule has 0 aliphatic heterocycles. The fourth-order valence-electron chi connectivity index (χ4n) is 3.26. The Morgan fingerprint density at radius 3 is 2.61 bits per heavy atom. The number of nitrogens with one attached hydrogen (secondary N) is 1. The van der Waals surface area contributed by atoms with Gasteiger partial charge in [0.15, 0.2) is 5.78 Å². The zero-order valence-electron chi connectivity index (χ0n) is 14.7. The average molecular weight is 317 g/mol. The summed E-state index contributed by atoms with van der Waals surface area (Å²) in [6.45, 7) is 9.62. The Kier molecular flexibility index (Phi) is 5.12. The number of carbonyl (C=O) groups is 2. The summed E-state index contributed by atoms with van der Waals surface area (Å²) in [5, 5.41) is 2.89. The molecule has 1 aliphatic rings. The van der Waals surface area contributed by atoms with Crippen LogP contribution in [0, 0.1) is 5.92 Å². The highest BCUT2D eigenvalue weighted by molar-refractivity contribution is 6.01. The van der Waals surface area contributed by atoms with Crippen molar-refractivity contribution < 1.29 is 14.3 Å². The second-order valence-electron chi connectivity index (χ2n) is 7.36. The number of carbonyl (C=O) groups excluding carboxylic acids is 2. The van der Waals surface area contributed by atoms with E-state index in [-0.39, 0.29) is 17.7 Å².